The van der Waals surface area contributed by atoms with Crippen molar-refractivity contribution in [3.63, 3.8) is 0 Å². The van der Waals surface area contributed by atoms with Crippen LogP contribution in [0.2, 0.25) is 0 Å². The number of ether oxygens (including phenoxy) is 1. The van der Waals surface area contributed by atoms with Gasteiger partial charge in [0.1, 0.15) is 0 Å². The summed E-state index contributed by atoms with van der Waals surface area (Å²) in [5, 5.41) is 3.54. The minimum absolute atomic E-state index is 0.708. The first-order valence-corrected chi connectivity index (χ1v) is 6.56. The van der Waals surface area contributed by atoms with Crippen LogP contribution >= 0.6 is 0 Å². The molecule has 0 amide bonds. The smallest absolute Gasteiger partial charge is 0.212 e. The Morgan fingerprint density at radius 1 is 1.18 bits per heavy atom. The Morgan fingerprint density at radius 3 is 2.53 bits per heavy atom. The molecule has 3 heteroatoms. The second-order valence-electron chi connectivity index (χ2n) is 5.43. The van der Waals surface area contributed by atoms with Crippen LogP contribution in [0.25, 0.3) is 0 Å². The monoisotopic (exact) mass is 232 g/mol. The molecule has 1 saturated heterocycles. The molecule has 2 heterocycles. The van der Waals surface area contributed by atoms with Crippen molar-refractivity contribution in [1.82, 2.24) is 10.3 Å². The lowest BCUT2D eigenvalue weighted by Crippen LogP contribution is -2.40. The van der Waals surface area contributed by atoms with E-state index < -0.39 is 0 Å². The quantitative estimate of drug-likeness (QED) is 0.848. The highest BCUT2D eigenvalue weighted by molar-refractivity contribution is 5.22. The average Bonchev–Trinajstić information content (AvgIpc) is 2.38. The molecule has 1 aliphatic heterocycles. The number of aromatic nitrogens is 1. The zero-order valence-electron chi connectivity index (χ0n) is 10.4. The highest BCUT2D eigenvalue weighted by Crippen LogP contribution is 2.40. The Hall–Kier alpha value is -1.09. The van der Waals surface area contributed by atoms with E-state index >= 15 is 0 Å². The maximum absolute atomic E-state index is 5.11. The minimum Gasteiger partial charge on any atom is -0.481 e. The fourth-order valence-electron chi connectivity index (χ4n) is 3.42. The molecule has 1 aromatic heterocycles. The van der Waals surface area contributed by atoms with E-state index in [-0.39, 0.29) is 0 Å². The van der Waals surface area contributed by atoms with Crippen LogP contribution in [0.1, 0.15) is 30.7 Å². The van der Waals surface area contributed by atoms with E-state index in [4.69, 9.17) is 4.74 Å². The fourth-order valence-corrected chi connectivity index (χ4v) is 3.42. The van der Waals surface area contributed by atoms with Gasteiger partial charge in [0.15, 0.2) is 0 Å². The van der Waals surface area contributed by atoms with Crippen molar-refractivity contribution in [2.75, 3.05) is 20.2 Å². The lowest BCUT2D eigenvalue weighted by molar-refractivity contribution is 0.186. The molecule has 2 atom stereocenters. The lowest BCUT2D eigenvalue weighted by Gasteiger charge is -2.39. The predicted molar refractivity (Wildman–Crippen MR) is 67.2 cm³/mol. The number of fused-ring (bicyclic) bond motifs is 2. The van der Waals surface area contributed by atoms with Gasteiger partial charge in [-0.25, -0.2) is 4.98 Å². The molecule has 0 spiro atoms. The molecular formula is C14H20N2O. The van der Waals surface area contributed by atoms with Crippen molar-refractivity contribution < 1.29 is 4.74 Å². The number of pyridine rings is 1. The third kappa shape index (κ3) is 2.29. The molecular weight excluding hydrogens is 212 g/mol. The minimum atomic E-state index is 0.708. The largest absolute Gasteiger partial charge is 0.481 e. The molecule has 1 saturated carbocycles. The average molecular weight is 232 g/mol. The molecule has 1 N–H and O–H groups in total. The van der Waals surface area contributed by atoms with Gasteiger partial charge in [-0.1, -0.05) is 6.07 Å². The summed E-state index contributed by atoms with van der Waals surface area (Å²) in [4.78, 5) is 4.33. The third-order valence-electron chi connectivity index (χ3n) is 4.21. The first kappa shape index (κ1) is 11.0. The van der Waals surface area contributed by atoms with Gasteiger partial charge in [-0.2, -0.15) is 0 Å². The number of nitrogens with one attached hydrogen (secondary N) is 1. The molecule has 1 aliphatic carbocycles. The molecule has 3 rings (SSSR count). The molecule has 0 radical (unpaired) electrons. The van der Waals surface area contributed by atoms with Crippen molar-refractivity contribution in [2.45, 2.75) is 25.2 Å². The number of nitrogens with zero attached hydrogens (tertiary/aromatic N) is 1. The van der Waals surface area contributed by atoms with Crippen LogP contribution in [0.4, 0.5) is 0 Å². The molecule has 17 heavy (non-hydrogen) atoms. The van der Waals surface area contributed by atoms with E-state index in [1.165, 1.54) is 37.9 Å². The normalized spacial score (nSPS) is 32.2. The molecule has 2 fully saturated rings. The van der Waals surface area contributed by atoms with Crippen molar-refractivity contribution in [2.24, 2.45) is 11.8 Å². The zero-order valence-corrected chi connectivity index (χ0v) is 10.4. The molecule has 3 nitrogen and oxygen atoms in total. The molecule has 2 aliphatic rings. The van der Waals surface area contributed by atoms with Crippen LogP contribution in [0.15, 0.2) is 18.3 Å². The van der Waals surface area contributed by atoms with Gasteiger partial charge in [0.2, 0.25) is 5.88 Å². The van der Waals surface area contributed by atoms with E-state index in [2.05, 4.69) is 16.4 Å². The van der Waals surface area contributed by atoms with Crippen LogP contribution in [0.3, 0.4) is 0 Å². The van der Waals surface area contributed by atoms with Crippen molar-refractivity contribution in [3.8, 4) is 5.88 Å². The Kier molecular flexibility index (Phi) is 3.02. The van der Waals surface area contributed by atoms with Gasteiger partial charge < -0.3 is 10.1 Å². The van der Waals surface area contributed by atoms with Crippen molar-refractivity contribution in [1.29, 1.82) is 0 Å². The maximum atomic E-state index is 5.11. The molecule has 92 valence electrons. The van der Waals surface area contributed by atoms with Gasteiger partial charge in [0, 0.05) is 12.3 Å². The number of methoxy groups -OCH3 is 1. The van der Waals surface area contributed by atoms with Crippen LogP contribution in [0.5, 0.6) is 5.88 Å². The van der Waals surface area contributed by atoms with Crippen LogP contribution in [0, 0.1) is 11.8 Å². The van der Waals surface area contributed by atoms with Crippen LogP contribution in [-0.4, -0.2) is 25.2 Å². The van der Waals surface area contributed by atoms with Gasteiger partial charge in [0.05, 0.1) is 7.11 Å². The van der Waals surface area contributed by atoms with Crippen LogP contribution in [-0.2, 0) is 0 Å². The van der Waals surface area contributed by atoms with E-state index in [0.717, 1.165) is 11.8 Å². The van der Waals surface area contributed by atoms with E-state index in [0.29, 0.717) is 11.8 Å². The van der Waals surface area contributed by atoms with Gasteiger partial charge in [-0.05, 0) is 55.7 Å². The summed E-state index contributed by atoms with van der Waals surface area (Å²) in [6.45, 7) is 2.41. The molecule has 0 aromatic carbocycles. The Balaban J connectivity index is 1.74. The number of hydrogen-bond acceptors (Lipinski definition) is 3. The Morgan fingerprint density at radius 2 is 1.94 bits per heavy atom. The third-order valence-corrected chi connectivity index (χ3v) is 4.21. The molecule has 1 aromatic rings. The molecule has 2 bridgehead atoms. The summed E-state index contributed by atoms with van der Waals surface area (Å²) in [6.07, 6.45) is 6.06. The van der Waals surface area contributed by atoms with Crippen molar-refractivity contribution in [3.05, 3.63) is 23.9 Å². The van der Waals surface area contributed by atoms with Gasteiger partial charge in [-0.15, -0.1) is 0 Å². The lowest BCUT2D eigenvalue weighted by atomic mass is 9.71. The van der Waals surface area contributed by atoms with E-state index in [1.54, 1.807) is 7.11 Å². The second kappa shape index (κ2) is 4.65. The first-order chi connectivity index (χ1) is 8.35. The second-order valence-corrected chi connectivity index (χ2v) is 5.43. The van der Waals surface area contributed by atoms with Gasteiger partial charge in [0.25, 0.3) is 0 Å². The molecule has 2 unspecified atom stereocenters. The number of hydrogen-bond donors (Lipinski definition) is 1. The SMILES string of the molecule is COc1ccc(C2CC3CNCC(C3)C2)cn1. The summed E-state index contributed by atoms with van der Waals surface area (Å²) < 4.78 is 5.11. The van der Waals surface area contributed by atoms with Gasteiger partial charge in [-0.3, -0.25) is 0 Å². The fraction of sp³-hybridized carbons (Fsp3) is 0.643. The maximum Gasteiger partial charge on any atom is 0.212 e. The van der Waals surface area contributed by atoms with Crippen LogP contribution < -0.4 is 10.1 Å². The number of piperidine rings is 1. The predicted octanol–water partition coefficient (Wildman–Crippen LogP) is 2.19. The standard InChI is InChI=1S/C14H20N2O/c1-17-14-3-2-12(9-16-14)13-5-10-4-11(6-13)8-15-7-10/h2-3,9-11,13,15H,4-8H2,1H3. The summed E-state index contributed by atoms with van der Waals surface area (Å²) in [7, 11) is 1.67. The Labute approximate surface area is 103 Å². The zero-order chi connectivity index (χ0) is 11.7. The summed E-state index contributed by atoms with van der Waals surface area (Å²) in [5.74, 6) is 3.16. The Bertz CT molecular complexity index is 364. The van der Waals surface area contributed by atoms with Crippen molar-refractivity contribution >= 4 is 0 Å². The summed E-state index contributed by atoms with van der Waals surface area (Å²) in [5.41, 5.74) is 1.39. The highest BCUT2D eigenvalue weighted by atomic mass is 16.5. The topological polar surface area (TPSA) is 34.1 Å². The first-order valence-electron chi connectivity index (χ1n) is 6.56. The highest BCUT2D eigenvalue weighted by Gasteiger charge is 2.32. The summed E-state index contributed by atoms with van der Waals surface area (Å²) in [6, 6.07) is 4.17. The van der Waals surface area contributed by atoms with E-state index in [1.807, 2.05) is 12.3 Å². The van der Waals surface area contributed by atoms with E-state index in [9.17, 15) is 0 Å². The van der Waals surface area contributed by atoms with Gasteiger partial charge >= 0.3 is 0 Å². The summed E-state index contributed by atoms with van der Waals surface area (Å²) >= 11 is 0. The number of rotatable bonds is 2.